The van der Waals surface area contributed by atoms with Crippen molar-refractivity contribution in [1.29, 1.82) is 0 Å². The number of hydrogen-bond donors (Lipinski definition) is 0. The van der Waals surface area contributed by atoms with Crippen LogP contribution in [0.5, 0.6) is 0 Å². The predicted octanol–water partition coefficient (Wildman–Crippen LogP) is 3.48. The van der Waals surface area contributed by atoms with Gasteiger partial charge in [0, 0.05) is 18.6 Å². The Kier molecular flexibility index (Phi) is 3.40. The Bertz CT molecular complexity index is 734. The van der Waals surface area contributed by atoms with Gasteiger partial charge in [0.25, 0.3) is 0 Å². The van der Waals surface area contributed by atoms with Gasteiger partial charge in [-0.2, -0.15) is 0 Å². The molecule has 3 rings (SSSR count). The molecule has 3 aromatic rings. The Balaban J connectivity index is 2.17. The molecule has 0 fully saturated rings. The number of alkyl halides is 1. The van der Waals surface area contributed by atoms with Crippen molar-refractivity contribution in [2.24, 2.45) is 0 Å². The number of fused-ring (bicyclic) bond motifs is 1. The fourth-order valence-corrected chi connectivity index (χ4v) is 2.46. The van der Waals surface area contributed by atoms with Crippen molar-refractivity contribution in [2.75, 3.05) is 0 Å². The molecule has 0 aliphatic carbocycles. The first-order chi connectivity index (χ1) is 9.66. The Morgan fingerprint density at radius 1 is 1.30 bits per heavy atom. The highest BCUT2D eigenvalue weighted by molar-refractivity contribution is 6.20. The van der Waals surface area contributed by atoms with Crippen LogP contribution in [0.15, 0.2) is 36.8 Å². The van der Waals surface area contributed by atoms with E-state index in [0.717, 1.165) is 28.1 Å². The van der Waals surface area contributed by atoms with E-state index in [4.69, 9.17) is 11.6 Å². The van der Waals surface area contributed by atoms with Gasteiger partial charge in [0.2, 0.25) is 0 Å². The molecule has 0 aliphatic heterocycles. The molecular formula is C15H15ClN4. The summed E-state index contributed by atoms with van der Waals surface area (Å²) >= 11 is 6.27. The summed E-state index contributed by atoms with van der Waals surface area (Å²) in [6.45, 7) is 4.64. The van der Waals surface area contributed by atoms with Crippen molar-refractivity contribution in [3.63, 3.8) is 0 Å². The summed E-state index contributed by atoms with van der Waals surface area (Å²) in [4.78, 5) is 13.3. The molecule has 0 aliphatic rings. The van der Waals surface area contributed by atoms with Gasteiger partial charge < -0.3 is 4.57 Å². The first kappa shape index (κ1) is 13.1. The molecule has 0 saturated carbocycles. The third-order valence-corrected chi connectivity index (χ3v) is 3.48. The number of imidazole rings is 1. The van der Waals surface area contributed by atoms with E-state index in [1.54, 1.807) is 6.20 Å². The normalized spacial score (nSPS) is 12.8. The van der Waals surface area contributed by atoms with Gasteiger partial charge in [-0.05, 0) is 37.1 Å². The maximum absolute atomic E-state index is 6.27. The van der Waals surface area contributed by atoms with E-state index in [1.165, 1.54) is 0 Å². The number of pyridine rings is 2. The van der Waals surface area contributed by atoms with Crippen LogP contribution in [0.3, 0.4) is 0 Å². The first-order valence-corrected chi connectivity index (χ1v) is 6.95. The molecule has 0 radical (unpaired) electrons. The van der Waals surface area contributed by atoms with Crippen molar-refractivity contribution in [3.8, 4) is 0 Å². The molecule has 1 unspecified atom stereocenters. The van der Waals surface area contributed by atoms with E-state index in [9.17, 15) is 0 Å². The van der Waals surface area contributed by atoms with Crippen LogP contribution in [0.2, 0.25) is 0 Å². The van der Waals surface area contributed by atoms with Crippen LogP contribution in [0.25, 0.3) is 11.2 Å². The van der Waals surface area contributed by atoms with Gasteiger partial charge in [-0.15, -0.1) is 11.6 Å². The Hall–Kier alpha value is -1.94. The molecule has 4 nitrogen and oxygen atoms in total. The Morgan fingerprint density at radius 3 is 2.85 bits per heavy atom. The van der Waals surface area contributed by atoms with Crippen molar-refractivity contribution < 1.29 is 0 Å². The molecule has 0 bridgehead atoms. The second kappa shape index (κ2) is 5.21. The zero-order valence-electron chi connectivity index (χ0n) is 11.4. The van der Waals surface area contributed by atoms with E-state index in [-0.39, 0.29) is 5.38 Å². The van der Waals surface area contributed by atoms with Gasteiger partial charge in [0.15, 0.2) is 5.65 Å². The largest absolute Gasteiger partial charge is 0.307 e. The van der Waals surface area contributed by atoms with E-state index in [0.29, 0.717) is 6.54 Å². The molecule has 5 heteroatoms. The smallest absolute Gasteiger partial charge is 0.160 e. The number of halogens is 1. The lowest BCUT2D eigenvalue weighted by atomic mass is 10.2. The van der Waals surface area contributed by atoms with Gasteiger partial charge >= 0.3 is 0 Å². The topological polar surface area (TPSA) is 43.6 Å². The van der Waals surface area contributed by atoms with Crippen LogP contribution in [0, 0.1) is 6.92 Å². The maximum Gasteiger partial charge on any atom is 0.160 e. The lowest BCUT2D eigenvalue weighted by Gasteiger charge is -2.09. The molecule has 102 valence electrons. The molecule has 1 atom stereocenters. The molecule has 0 N–H and O–H groups in total. The minimum Gasteiger partial charge on any atom is -0.307 e. The fraction of sp³-hybridized carbons (Fsp3) is 0.267. The molecule has 3 aromatic heterocycles. The quantitative estimate of drug-likeness (QED) is 0.692. The summed E-state index contributed by atoms with van der Waals surface area (Å²) in [5.41, 5.74) is 4.00. The van der Waals surface area contributed by atoms with Gasteiger partial charge in [-0.25, -0.2) is 9.97 Å². The Labute approximate surface area is 122 Å². The Morgan fingerprint density at radius 2 is 2.15 bits per heavy atom. The summed E-state index contributed by atoms with van der Waals surface area (Å²) in [6.07, 6.45) is 5.43. The number of aryl methyl sites for hydroxylation is 1. The molecule has 0 spiro atoms. The minimum atomic E-state index is -0.166. The van der Waals surface area contributed by atoms with Gasteiger partial charge in [0.05, 0.1) is 11.9 Å². The minimum absolute atomic E-state index is 0.166. The van der Waals surface area contributed by atoms with Crippen LogP contribution >= 0.6 is 11.6 Å². The highest BCUT2D eigenvalue weighted by Crippen LogP contribution is 2.25. The highest BCUT2D eigenvalue weighted by Gasteiger charge is 2.17. The molecule has 0 saturated heterocycles. The zero-order valence-corrected chi connectivity index (χ0v) is 12.2. The zero-order chi connectivity index (χ0) is 14.1. The van der Waals surface area contributed by atoms with Crippen LogP contribution in [-0.4, -0.2) is 19.5 Å². The average molecular weight is 287 g/mol. The molecule has 20 heavy (non-hydrogen) atoms. The van der Waals surface area contributed by atoms with Crippen molar-refractivity contribution >= 4 is 22.8 Å². The lowest BCUT2D eigenvalue weighted by molar-refractivity contribution is 0.734. The van der Waals surface area contributed by atoms with Crippen LogP contribution in [0.1, 0.15) is 29.3 Å². The van der Waals surface area contributed by atoms with E-state index in [1.807, 2.05) is 44.4 Å². The highest BCUT2D eigenvalue weighted by atomic mass is 35.5. The van der Waals surface area contributed by atoms with Crippen molar-refractivity contribution in [2.45, 2.75) is 25.8 Å². The van der Waals surface area contributed by atoms with E-state index in [2.05, 4.69) is 19.5 Å². The summed E-state index contributed by atoms with van der Waals surface area (Å²) in [6, 6.07) is 5.93. The van der Waals surface area contributed by atoms with Gasteiger partial charge in [0.1, 0.15) is 11.3 Å². The summed E-state index contributed by atoms with van der Waals surface area (Å²) in [5, 5.41) is -0.166. The lowest BCUT2D eigenvalue weighted by Crippen LogP contribution is -2.06. The fourth-order valence-electron chi connectivity index (χ4n) is 2.29. The summed E-state index contributed by atoms with van der Waals surface area (Å²) < 4.78 is 2.07. The number of aromatic nitrogens is 4. The summed E-state index contributed by atoms with van der Waals surface area (Å²) in [5.74, 6) is 0.840. The second-order valence-electron chi connectivity index (χ2n) is 4.83. The van der Waals surface area contributed by atoms with Crippen molar-refractivity contribution in [1.82, 2.24) is 19.5 Å². The van der Waals surface area contributed by atoms with Crippen LogP contribution in [0.4, 0.5) is 0 Å². The standard InChI is InChI=1S/C15H15ClN4/c1-10-5-7-18-15-13(10)19-14(11(2)16)20(15)9-12-4-3-6-17-8-12/h3-8,11H,9H2,1-2H3. The molecule has 3 heterocycles. The predicted molar refractivity (Wildman–Crippen MR) is 79.9 cm³/mol. The number of rotatable bonds is 3. The molecule has 0 amide bonds. The van der Waals surface area contributed by atoms with Gasteiger partial charge in [-0.3, -0.25) is 4.98 Å². The second-order valence-corrected chi connectivity index (χ2v) is 5.49. The van der Waals surface area contributed by atoms with Crippen LogP contribution in [-0.2, 0) is 6.54 Å². The van der Waals surface area contributed by atoms with Crippen molar-refractivity contribution in [3.05, 3.63) is 53.7 Å². The monoisotopic (exact) mass is 286 g/mol. The first-order valence-electron chi connectivity index (χ1n) is 6.51. The number of nitrogens with zero attached hydrogens (tertiary/aromatic N) is 4. The van der Waals surface area contributed by atoms with Crippen LogP contribution < -0.4 is 0 Å². The maximum atomic E-state index is 6.27. The number of hydrogen-bond acceptors (Lipinski definition) is 3. The van der Waals surface area contributed by atoms with Gasteiger partial charge in [-0.1, -0.05) is 6.07 Å². The molecular weight excluding hydrogens is 272 g/mol. The third-order valence-electron chi connectivity index (χ3n) is 3.28. The molecule has 0 aromatic carbocycles. The third kappa shape index (κ3) is 2.27. The van der Waals surface area contributed by atoms with E-state index < -0.39 is 0 Å². The average Bonchev–Trinajstić information content (AvgIpc) is 2.81. The summed E-state index contributed by atoms with van der Waals surface area (Å²) in [7, 11) is 0. The van der Waals surface area contributed by atoms with E-state index >= 15 is 0 Å². The SMILES string of the molecule is Cc1ccnc2c1nc(C(C)Cl)n2Cc1cccnc1.